The molecule has 7 heavy (non-hydrogen) atoms. The van der Waals surface area contributed by atoms with E-state index in [4.69, 9.17) is 4.18 Å². The normalized spacial score (nSPS) is 41.9. The average Bonchev–Trinajstić information content (AvgIpc) is 1.91. The molecule has 0 aromatic carbocycles. The van der Waals surface area contributed by atoms with Crippen LogP contribution in [-0.2, 0) is 15.3 Å². The molecule has 0 N–H and O–H groups in total. The summed E-state index contributed by atoms with van der Waals surface area (Å²) in [5.74, 6) is 0. The molecule has 42 valence electrons. The highest BCUT2D eigenvalue weighted by atomic mass is 32.2. The number of hydrogen-bond donors (Lipinski definition) is 0. The van der Waals surface area contributed by atoms with Crippen molar-refractivity contribution < 1.29 is 8.39 Å². The van der Waals surface area contributed by atoms with Crippen molar-refractivity contribution in [2.75, 3.05) is 6.61 Å². The standard InChI is InChI=1S/C4H8O2S/c1-4-2-3-6-7(4)5/h4H,2-3H2,1H3/t4-,7?/m0/s1. The molecule has 0 saturated carbocycles. The molecule has 0 aromatic rings. The molecule has 0 amide bonds. The van der Waals surface area contributed by atoms with Gasteiger partial charge in [0.05, 0.1) is 11.9 Å². The van der Waals surface area contributed by atoms with E-state index in [2.05, 4.69) is 0 Å². The van der Waals surface area contributed by atoms with Crippen molar-refractivity contribution in [2.45, 2.75) is 18.6 Å². The highest BCUT2D eigenvalue weighted by Gasteiger charge is 2.18. The third kappa shape index (κ3) is 1.01. The predicted molar refractivity (Wildman–Crippen MR) is 28.2 cm³/mol. The van der Waals surface area contributed by atoms with Crippen molar-refractivity contribution in [3.63, 3.8) is 0 Å². The molecule has 1 unspecified atom stereocenters. The summed E-state index contributed by atoms with van der Waals surface area (Å²) in [4.78, 5) is 0. The Morgan fingerprint density at radius 2 is 2.57 bits per heavy atom. The molecule has 0 aromatic heterocycles. The number of hydrogen-bond acceptors (Lipinski definition) is 2. The van der Waals surface area contributed by atoms with Crippen molar-refractivity contribution in [2.24, 2.45) is 0 Å². The predicted octanol–water partition coefficient (Wildman–Crippen LogP) is 0.459. The molecule has 1 aliphatic heterocycles. The van der Waals surface area contributed by atoms with Gasteiger partial charge in [-0.15, -0.1) is 0 Å². The average molecular weight is 120 g/mol. The SMILES string of the molecule is C[C@H]1CCOS1=O. The molecule has 1 fully saturated rings. The summed E-state index contributed by atoms with van der Waals surface area (Å²) in [5, 5.41) is 0.264. The van der Waals surface area contributed by atoms with E-state index in [1.807, 2.05) is 6.92 Å². The second-order valence-electron chi connectivity index (χ2n) is 1.68. The van der Waals surface area contributed by atoms with Gasteiger partial charge in [-0.05, 0) is 13.3 Å². The Labute approximate surface area is 45.5 Å². The molecule has 3 heteroatoms. The second-order valence-corrected chi connectivity index (χ2v) is 3.24. The highest BCUT2D eigenvalue weighted by Crippen LogP contribution is 2.10. The first-order valence-electron chi connectivity index (χ1n) is 2.34. The van der Waals surface area contributed by atoms with Crippen LogP contribution in [0.3, 0.4) is 0 Å². The summed E-state index contributed by atoms with van der Waals surface area (Å²) >= 11 is -0.968. The largest absolute Gasteiger partial charge is 0.290 e. The molecule has 0 aliphatic carbocycles. The van der Waals surface area contributed by atoms with Gasteiger partial charge in [0.25, 0.3) is 0 Å². The lowest BCUT2D eigenvalue weighted by molar-refractivity contribution is 0.381. The van der Waals surface area contributed by atoms with E-state index >= 15 is 0 Å². The van der Waals surface area contributed by atoms with E-state index in [1.165, 1.54) is 0 Å². The fourth-order valence-corrected chi connectivity index (χ4v) is 1.29. The summed E-state index contributed by atoms with van der Waals surface area (Å²) in [6.07, 6.45) is 0.951. The first kappa shape index (κ1) is 5.25. The third-order valence-corrected chi connectivity index (χ3v) is 2.34. The van der Waals surface area contributed by atoms with Gasteiger partial charge in [0.1, 0.15) is 0 Å². The van der Waals surface area contributed by atoms with Gasteiger partial charge in [-0.25, -0.2) is 4.21 Å². The maximum absolute atomic E-state index is 10.5. The molecule has 0 bridgehead atoms. The summed E-state index contributed by atoms with van der Waals surface area (Å²) in [6, 6.07) is 0. The first-order chi connectivity index (χ1) is 3.30. The van der Waals surface area contributed by atoms with Crippen molar-refractivity contribution in [1.82, 2.24) is 0 Å². The van der Waals surface area contributed by atoms with Gasteiger partial charge in [0, 0.05) is 0 Å². The lowest BCUT2D eigenvalue weighted by atomic mass is 10.4. The second kappa shape index (κ2) is 1.92. The molecule has 0 spiro atoms. The Morgan fingerprint density at radius 1 is 1.86 bits per heavy atom. The van der Waals surface area contributed by atoms with Gasteiger partial charge < -0.3 is 0 Å². The maximum atomic E-state index is 10.5. The molecular formula is C4H8O2S. The smallest absolute Gasteiger partial charge is 0.158 e. The molecule has 1 aliphatic rings. The zero-order chi connectivity index (χ0) is 5.28. The summed E-state index contributed by atoms with van der Waals surface area (Å²) in [6.45, 7) is 2.61. The zero-order valence-corrected chi connectivity index (χ0v) is 5.03. The van der Waals surface area contributed by atoms with Crippen LogP contribution >= 0.6 is 0 Å². The van der Waals surface area contributed by atoms with Crippen LogP contribution in [0, 0.1) is 0 Å². The lowest BCUT2D eigenvalue weighted by Gasteiger charge is -1.90. The molecule has 1 saturated heterocycles. The fraction of sp³-hybridized carbons (Fsp3) is 1.00. The maximum Gasteiger partial charge on any atom is 0.158 e. The van der Waals surface area contributed by atoms with Crippen LogP contribution in [0.5, 0.6) is 0 Å². The minimum Gasteiger partial charge on any atom is -0.290 e. The topological polar surface area (TPSA) is 26.3 Å². The van der Waals surface area contributed by atoms with Crippen LogP contribution in [0.2, 0.25) is 0 Å². The first-order valence-corrected chi connectivity index (χ1v) is 3.48. The summed E-state index contributed by atoms with van der Waals surface area (Å²) in [7, 11) is 0. The Balaban J connectivity index is 2.48. The van der Waals surface area contributed by atoms with E-state index in [1.54, 1.807) is 0 Å². The van der Waals surface area contributed by atoms with E-state index < -0.39 is 11.1 Å². The minimum atomic E-state index is -0.968. The van der Waals surface area contributed by atoms with Gasteiger partial charge in [-0.2, -0.15) is 0 Å². The number of rotatable bonds is 0. The Morgan fingerprint density at radius 3 is 2.71 bits per heavy atom. The molecule has 1 heterocycles. The Hall–Kier alpha value is 0.110. The monoisotopic (exact) mass is 120 g/mol. The van der Waals surface area contributed by atoms with Crippen LogP contribution in [0.4, 0.5) is 0 Å². The van der Waals surface area contributed by atoms with Crippen molar-refractivity contribution in [3.05, 3.63) is 0 Å². The highest BCUT2D eigenvalue weighted by molar-refractivity contribution is 7.81. The van der Waals surface area contributed by atoms with Crippen molar-refractivity contribution in [1.29, 1.82) is 0 Å². The molecular weight excluding hydrogens is 112 g/mol. The van der Waals surface area contributed by atoms with Gasteiger partial charge in [0.2, 0.25) is 0 Å². The third-order valence-electron chi connectivity index (χ3n) is 1.05. The van der Waals surface area contributed by atoms with E-state index in [0.29, 0.717) is 6.61 Å². The van der Waals surface area contributed by atoms with Crippen molar-refractivity contribution in [3.8, 4) is 0 Å². The van der Waals surface area contributed by atoms with Gasteiger partial charge in [-0.1, -0.05) is 0 Å². The zero-order valence-electron chi connectivity index (χ0n) is 4.22. The summed E-state index contributed by atoms with van der Waals surface area (Å²) < 4.78 is 15.2. The van der Waals surface area contributed by atoms with Crippen LogP contribution in [0.25, 0.3) is 0 Å². The Bertz CT molecular complexity index is 91.7. The van der Waals surface area contributed by atoms with Crippen LogP contribution in [-0.4, -0.2) is 16.1 Å². The fourth-order valence-electron chi connectivity index (χ4n) is 0.509. The van der Waals surface area contributed by atoms with Crippen LogP contribution < -0.4 is 0 Å². The molecule has 2 nitrogen and oxygen atoms in total. The van der Waals surface area contributed by atoms with Gasteiger partial charge in [0.15, 0.2) is 11.1 Å². The van der Waals surface area contributed by atoms with E-state index in [0.717, 1.165) is 6.42 Å². The van der Waals surface area contributed by atoms with Crippen molar-refractivity contribution >= 4 is 11.1 Å². The van der Waals surface area contributed by atoms with E-state index in [9.17, 15) is 4.21 Å². The van der Waals surface area contributed by atoms with Gasteiger partial charge in [-0.3, -0.25) is 4.18 Å². The minimum absolute atomic E-state index is 0.264. The lowest BCUT2D eigenvalue weighted by Crippen LogP contribution is -1.99. The van der Waals surface area contributed by atoms with Crippen LogP contribution in [0.15, 0.2) is 0 Å². The Kier molecular flexibility index (Phi) is 1.44. The quantitative estimate of drug-likeness (QED) is 0.464. The summed E-state index contributed by atoms with van der Waals surface area (Å²) in [5.41, 5.74) is 0. The van der Waals surface area contributed by atoms with E-state index in [-0.39, 0.29) is 5.25 Å². The molecule has 0 radical (unpaired) electrons. The van der Waals surface area contributed by atoms with Crippen LogP contribution in [0.1, 0.15) is 13.3 Å². The molecule has 1 rings (SSSR count). The van der Waals surface area contributed by atoms with Gasteiger partial charge >= 0.3 is 0 Å². The molecule has 2 atom stereocenters.